The number of aromatic nitrogens is 3. The Hall–Kier alpha value is -2.44. The highest BCUT2D eigenvalue weighted by Gasteiger charge is 2.15. The zero-order chi connectivity index (χ0) is 18.7. The molecule has 0 saturated heterocycles. The molecule has 0 fully saturated rings. The first-order valence-electron chi connectivity index (χ1n) is 8.14. The molecule has 5 nitrogen and oxygen atoms in total. The van der Waals surface area contributed by atoms with Crippen molar-refractivity contribution in [3.63, 3.8) is 0 Å². The standard InChI is InChI=1S/C19H19ClN4OS/c1-13-3-5-14(6-4-13)11-23(2)17(25)12-24-18(21-22-19(24)26)15-7-9-16(20)10-8-15/h3-10H,11-12H2,1-2H3,(H,22,26). The number of amides is 1. The molecule has 1 N–H and O–H groups in total. The average Bonchev–Trinajstić information content (AvgIpc) is 2.98. The number of nitrogens with one attached hydrogen (secondary N) is 1. The predicted octanol–water partition coefficient (Wildman–Crippen LogP) is 4.23. The van der Waals surface area contributed by atoms with Crippen molar-refractivity contribution in [1.82, 2.24) is 19.7 Å². The van der Waals surface area contributed by atoms with Crippen molar-refractivity contribution in [3.05, 3.63) is 69.5 Å². The van der Waals surface area contributed by atoms with Crippen LogP contribution in [0.25, 0.3) is 11.4 Å². The predicted molar refractivity (Wildman–Crippen MR) is 106 cm³/mol. The minimum atomic E-state index is -0.0433. The highest BCUT2D eigenvalue weighted by molar-refractivity contribution is 7.71. The van der Waals surface area contributed by atoms with Crippen LogP contribution in [0.5, 0.6) is 0 Å². The van der Waals surface area contributed by atoms with Crippen molar-refractivity contribution in [2.75, 3.05) is 7.05 Å². The number of carbonyl (C=O) groups excluding carboxylic acids is 1. The summed E-state index contributed by atoms with van der Waals surface area (Å²) in [7, 11) is 1.79. The van der Waals surface area contributed by atoms with E-state index in [-0.39, 0.29) is 12.5 Å². The summed E-state index contributed by atoms with van der Waals surface area (Å²) in [4.78, 5) is 14.4. The monoisotopic (exact) mass is 386 g/mol. The van der Waals surface area contributed by atoms with Crippen LogP contribution in [-0.4, -0.2) is 32.6 Å². The van der Waals surface area contributed by atoms with Crippen LogP contribution in [-0.2, 0) is 17.9 Å². The number of likely N-dealkylation sites (N-methyl/N-ethyl adjacent to an activating group) is 1. The molecule has 0 radical (unpaired) electrons. The molecule has 3 aromatic rings. The molecule has 0 saturated carbocycles. The smallest absolute Gasteiger partial charge is 0.242 e. The minimum absolute atomic E-state index is 0.0433. The Morgan fingerprint density at radius 2 is 1.85 bits per heavy atom. The number of rotatable bonds is 5. The van der Waals surface area contributed by atoms with Crippen molar-refractivity contribution in [2.45, 2.75) is 20.0 Å². The first-order chi connectivity index (χ1) is 12.4. The van der Waals surface area contributed by atoms with Gasteiger partial charge in [-0.2, -0.15) is 5.10 Å². The lowest BCUT2D eigenvalue weighted by molar-refractivity contribution is -0.131. The number of hydrogen-bond acceptors (Lipinski definition) is 3. The Labute approximate surface area is 162 Å². The summed E-state index contributed by atoms with van der Waals surface area (Å²) >= 11 is 11.2. The van der Waals surface area contributed by atoms with Gasteiger partial charge in [0.05, 0.1) is 0 Å². The van der Waals surface area contributed by atoms with Crippen molar-refractivity contribution in [1.29, 1.82) is 0 Å². The Balaban J connectivity index is 1.77. The van der Waals surface area contributed by atoms with E-state index in [2.05, 4.69) is 10.2 Å². The lowest BCUT2D eigenvalue weighted by Gasteiger charge is -2.18. The molecule has 3 rings (SSSR count). The van der Waals surface area contributed by atoms with Crippen LogP contribution < -0.4 is 0 Å². The van der Waals surface area contributed by atoms with Gasteiger partial charge in [-0.1, -0.05) is 41.4 Å². The second kappa shape index (κ2) is 7.85. The topological polar surface area (TPSA) is 53.9 Å². The van der Waals surface area contributed by atoms with Gasteiger partial charge in [-0.15, -0.1) is 0 Å². The Morgan fingerprint density at radius 3 is 2.50 bits per heavy atom. The van der Waals surface area contributed by atoms with E-state index in [1.165, 1.54) is 5.56 Å². The van der Waals surface area contributed by atoms with Crippen LogP contribution in [0.2, 0.25) is 5.02 Å². The number of nitrogens with zero attached hydrogens (tertiary/aromatic N) is 3. The van der Waals surface area contributed by atoms with E-state index in [1.54, 1.807) is 28.6 Å². The highest BCUT2D eigenvalue weighted by Crippen LogP contribution is 2.20. The van der Waals surface area contributed by atoms with Crippen LogP contribution in [0.3, 0.4) is 0 Å². The summed E-state index contributed by atoms with van der Waals surface area (Å²) in [6.45, 7) is 2.70. The number of carbonyl (C=O) groups is 1. The van der Waals surface area contributed by atoms with Gasteiger partial charge >= 0.3 is 0 Å². The molecule has 0 aliphatic heterocycles. The Morgan fingerprint density at radius 1 is 1.19 bits per heavy atom. The molecule has 0 atom stereocenters. The zero-order valence-corrected chi connectivity index (χ0v) is 16.1. The van der Waals surface area contributed by atoms with Gasteiger partial charge in [-0.25, -0.2) is 0 Å². The molecular formula is C19H19ClN4OS. The number of halogens is 1. The lowest BCUT2D eigenvalue weighted by atomic mass is 10.1. The minimum Gasteiger partial charge on any atom is -0.340 e. The van der Waals surface area contributed by atoms with Gasteiger partial charge in [0.1, 0.15) is 6.54 Å². The molecule has 7 heteroatoms. The Kier molecular flexibility index (Phi) is 5.54. The summed E-state index contributed by atoms with van der Waals surface area (Å²) < 4.78 is 2.11. The molecular weight excluding hydrogens is 368 g/mol. The van der Waals surface area contributed by atoms with Crippen LogP contribution in [0, 0.1) is 11.7 Å². The number of aromatic amines is 1. The summed E-state index contributed by atoms with van der Waals surface area (Å²) in [5, 5.41) is 7.66. The molecule has 0 spiro atoms. The van der Waals surface area contributed by atoms with Gasteiger partial charge in [0, 0.05) is 24.2 Å². The Bertz CT molecular complexity index is 960. The quantitative estimate of drug-likeness (QED) is 0.667. The van der Waals surface area contributed by atoms with Crippen LogP contribution in [0.1, 0.15) is 11.1 Å². The highest BCUT2D eigenvalue weighted by atomic mass is 35.5. The number of aryl methyl sites for hydroxylation is 1. The maximum Gasteiger partial charge on any atom is 0.242 e. The van der Waals surface area contributed by atoms with Crippen molar-refractivity contribution in [3.8, 4) is 11.4 Å². The van der Waals surface area contributed by atoms with Gasteiger partial charge in [0.25, 0.3) is 0 Å². The maximum atomic E-state index is 12.7. The summed E-state index contributed by atoms with van der Waals surface area (Å²) in [6, 6.07) is 15.4. The van der Waals surface area contributed by atoms with Gasteiger partial charge in [-0.3, -0.25) is 14.5 Å². The molecule has 134 valence electrons. The van der Waals surface area contributed by atoms with Gasteiger partial charge in [-0.05, 0) is 49.0 Å². The molecule has 1 amide bonds. The van der Waals surface area contributed by atoms with E-state index in [0.29, 0.717) is 22.2 Å². The van der Waals surface area contributed by atoms with Crippen LogP contribution >= 0.6 is 23.8 Å². The zero-order valence-electron chi connectivity index (χ0n) is 14.6. The van der Waals surface area contributed by atoms with Crippen LogP contribution in [0.4, 0.5) is 0 Å². The number of hydrogen-bond donors (Lipinski definition) is 1. The van der Waals surface area contributed by atoms with E-state index in [0.717, 1.165) is 11.1 Å². The summed E-state index contributed by atoms with van der Waals surface area (Å²) in [5.41, 5.74) is 3.12. The second-order valence-corrected chi connectivity index (χ2v) is 7.00. The van der Waals surface area contributed by atoms with Crippen molar-refractivity contribution < 1.29 is 4.79 Å². The number of benzene rings is 2. The SMILES string of the molecule is Cc1ccc(CN(C)C(=O)Cn2c(-c3ccc(Cl)cc3)n[nH]c2=S)cc1. The molecule has 2 aromatic carbocycles. The molecule has 0 bridgehead atoms. The van der Waals surface area contributed by atoms with E-state index in [4.69, 9.17) is 23.8 Å². The molecule has 1 heterocycles. The fourth-order valence-electron chi connectivity index (χ4n) is 2.60. The molecule has 0 aliphatic rings. The largest absolute Gasteiger partial charge is 0.340 e. The summed E-state index contributed by atoms with van der Waals surface area (Å²) in [5.74, 6) is 0.571. The first kappa shape index (κ1) is 18.4. The lowest BCUT2D eigenvalue weighted by Crippen LogP contribution is -2.30. The third-order valence-corrected chi connectivity index (χ3v) is 4.68. The molecule has 0 unspecified atom stereocenters. The normalized spacial score (nSPS) is 10.7. The molecule has 0 aliphatic carbocycles. The van der Waals surface area contributed by atoms with Crippen LogP contribution in [0.15, 0.2) is 48.5 Å². The van der Waals surface area contributed by atoms with Gasteiger partial charge < -0.3 is 4.90 Å². The third-order valence-electron chi connectivity index (χ3n) is 4.12. The summed E-state index contributed by atoms with van der Waals surface area (Å²) in [6.07, 6.45) is 0. The van der Waals surface area contributed by atoms with E-state index >= 15 is 0 Å². The van der Waals surface area contributed by atoms with E-state index in [1.807, 2.05) is 43.3 Å². The van der Waals surface area contributed by atoms with E-state index in [9.17, 15) is 4.79 Å². The average molecular weight is 387 g/mol. The van der Waals surface area contributed by atoms with Gasteiger partial charge in [0.15, 0.2) is 10.6 Å². The second-order valence-electron chi connectivity index (χ2n) is 6.18. The van der Waals surface area contributed by atoms with Crippen molar-refractivity contribution in [2.24, 2.45) is 0 Å². The molecule has 1 aromatic heterocycles. The van der Waals surface area contributed by atoms with Crippen molar-refractivity contribution >= 4 is 29.7 Å². The fourth-order valence-corrected chi connectivity index (χ4v) is 2.92. The maximum absolute atomic E-state index is 12.7. The molecule has 26 heavy (non-hydrogen) atoms. The van der Waals surface area contributed by atoms with Gasteiger partial charge in [0.2, 0.25) is 5.91 Å². The third kappa shape index (κ3) is 4.20. The van der Waals surface area contributed by atoms with E-state index < -0.39 is 0 Å². The fraction of sp³-hybridized carbons (Fsp3) is 0.211. The first-order valence-corrected chi connectivity index (χ1v) is 8.93. The number of H-pyrrole nitrogens is 1.